The number of aromatic nitrogens is 5. The Morgan fingerprint density at radius 1 is 1.04 bits per heavy atom. The van der Waals surface area contributed by atoms with Gasteiger partial charge in [0.1, 0.15) is 0 Å². The van der Waals surface area contributed by atoms with Crippen LogP contribution in [-0.4, -0.2) is 25.1 Å². The Kier molecular flexibility index (Phi) is 5.55. The van der Waals surface area contributed by atoms with E-state index in [9.17, 15) is 0 Å². The molecule has 0 aliphatic carbocycles. The van der Waals surface area contributed by atoms with Gasteiger partial charge in [-0.15, -0.1) is 24.8 Å². The number of H-pyrrole nitrogens is 1. The Bertz CT molecular complexity index is 1290. The van der Waals surface area contributed by atoms with Crippen LogP contribution >= 0.6 is 40.7 Å². The molecule has 142 valence electrons. The van der Waals surface area contributed by atoms with Crippen molar-refractivity contribution in [1.82, 2.24) is 25.1 Å². The van der Waals surface area contributed by atoms with Crippen molar-refractivity contribution in [2.24, 2.45) is 0 Å². The number of aromatic amines is 1. The summed E-state index contributed by atoms with van der Waals surface area (Å²) in [7, 11) is 0. The predicted molar refractivity (Wildman–Crippen MR) is 117 cm³/mol. The van der Waals surface area contributed by atoms with Gasteiger partial charge in [-0.05, 0) is 36.4 Å². The molecule has 7 nitrogen and oxygen atoms in total. The quantitative estimate of drug-likeness (QED) is 0.368. The zero-order valence-electron chi connectivity index (χ0n) is 14.1. The highest BCUT2D eigenvalue weighted by molar-refractivity contribution is 9.10. The van der Waals surface area contributed by atoms with Crippen LogP contribution in [-0.2, 0) is 0 Å². The molecule has 0 aliphatic rings. The average molecular weight is 480 g/mol. The van der Waals surface area contributed by atoms with Gasteiger partial charge in [-0.3, -0.25) is 4.98 Å². The minimum Gasteiger partial charge on any atom is -0.369 e. The molecular weight excluding hydrogens is 467 g/mol. The number of nitrogen functional groups attached to an aromatic ring is 1. The summed E-state index contributed by atoms with van der Waals surface area (Å²) in [5.41, 5.74) is 9.71. The van der Waals surface area contributed by atoms with Gasteiger partial charge in [0.25, 0.3) is 5.89 Å². The van der Waals surface area contributed by atoms with Crippen molar-refractivity contribution >= 4 is 68.6 Å². The number of nitrogens with one attached hydrogen (secondary N) is 1. The van der Waals surface area contributed by atoms with E-state index in [1.165, 1.54) is 0 Å². The summed E-state index contributed by atoms with van der Waals surface area (Å²) < 4.78 is 6.44. The zero-order chi connectivity index (χ0) is 17.7. The second kappa shape index (κ2) is 7.75. The van der Waals surface area contributed by atoms with Crippen LogP contribution in [0.3, 0.4) is 0 Å². The average Bonchev–Trinajstić information content (AvgIpc) is 3.27. The Morgan fingerprint density at radius 2 is 1.89 bits per heavy atom. The lowest BCUT2D eigenvalue weighted by atomic mass is 10.1. The Balaban J connectivity index is 0.00000112. The lowest BCUT2D eigenvalue weighted by molar-refractivity contribution is 0.432. The maximum absolute atomic E-state index is 5.70. The molecule has 0 saturated heterocycles. The molecule has 0 amide bonds. The van der Waals surface area contributed by atoms with E-state index in [-0.39, 0.29) is 24.8 Å². The fourth-order valence-electron chi connectivity index (χ4n) is 2.93. The van der Waals surface area contributed by atoms with Crippen LogP contribution in [0.15, 0.2) is 57.7 Å². The van der Waals surface area contributed by atoms with E-state index in [0.717, 1.165) is 37.5 Å². The first-order valence-electron chi connectivity index (χ1n) is 7.82. The monoisotopic (exact) mass is 478 g/mol. The summed E-state index contributed by atoms with van der Waals surface area (Å²) in [6.45, 7) is 0. The fraction of sp³-hybridized carbons (Fsp3) is 0. The van der Waals surface area contributed by atoms with Crippen LogP contribution in [0.4, 0.5) is 5.95 Å². The van der Waals surface area contributed by atoms with E-state index < -0.39 is 0 Å². The standard InChI is InChI=1S/C18H11BrN6O.2ClH/c19-12-5-4-11(15-10(12)2-1-7-21-15)16-24-17(26-25-16)9-3-6-13-14(8-9)23-18(20)22-13;;/h1-8H,(H3,20,22,23);2*1H. The first-order valence-corrected chi connectivity index (χ1v) is 8.61. The van der Waals surface area contributed by atoms with Gasteiger partial charge in [-0.1, -0.05) is 27.2 Å². The van der Waals surface area contributed by atoms with Gasteiger partial charge in [0.2, 0.25) is 5.82 Å². The van der Waals surface area contributed by atoms with Crippen molar-refractivity contribution in [3.05, 3.63) is 53.1 Å². The Hall–Kier alpha value is -2.68. The first kappa shape index (κ1) is 20.1. The highest BCUT2D eigenvalue weighted by Gasteiger charge is 2.15. The van der Waals surface area contributed by atoms with Gasteiger partial charge >= 0.3 is 0 Å². The van der Waals surface area contributed by atoms with Crippen molar-refractivity contribution in [2.75, 3.05) is 5.73 Å². The summed E-state index contributed by atoms with van der Waals surface area (Å²) >= 11 is 3.55. The molecule has 0 spiro atoms. The number of halogens is 3. The number of anilines is 1. The summed E-state index contributed by atoms with van der Waals surface area (Å²) in [5.74, 6) is 1.28. The second-order valence-corrected chi connectivity index (χ2v) is 6.63. The molecule has 0 radical (unpaired) electrons. The molecule has 0 bridgehead atoms. The van der Waals surface area contributed by atoms with Gasteiger partial charge in [0, 0.05) is 27.2 Å². The number of fused-ring (bicyclic) bond motifs is 2. The van der Waals surface area contributed by atoms with Crippen LogP contribution in [0.25, 0.3) is 44.8 Å². The third kappa shape index (κ3) is 3.30. The number of imidazole rings is 1. The number of benzene rings is 2. The van der Waals surface area contributed by atoms with Gasteiger partial charge in [0.15, 0.2) is 5.95 Å². The Labute approximate surface area is 179 Å². The Morgan fingerprint density at radius 3 is 2.75 bits per heavy atom. The van der Waals surface area contributed by atoms with E-state index in [0.29, 0.717) is 17.7 Å². The van der Waals surface area contributed by atoms with Crippen LogP contribution in [0.2, 0.25) is 0 Å². The number of nitrogens with two attached hydrogens (primary N) is 1. The number of nitrogens with zero attached hydrogens (tertiary/aromatic N) is 4. The third-order valence-corrected chi connectivity index (χ3v) is 4.82. The summed E-state index contributed by atoms with van der Waals surface area (Å²) in [6.07, 6.45) is 1.75. The molecule has 0 atom stereocenters. The number of hydrogen-bond acceptors (Lipinski definition) is 6. The molecule has 2 aromatic carbocycles. The topological polar surface area (TPSA) is 107 Å². The van der Waals surface area contributed by atoms with E-state index in [4.69, 9.17) is 10.3 Å². The minimum absolute atomic E-state index is 0. The van der Waals surface area contributed by atoms with Gasteiger partial charge < -0.3 is 15.2 Å². The van der Waals surface area contributed by atoms with Crippen molar-refractivity contribution < 1.29 is 4.52 Å². The fourth-order valence-corrected chi connectivity index (χ4v) is 3.38. The molecule has 5 aromatic rings. The van der Waals surface area contributed by atoms with Crippen molar-refractivity contribution in [1.29, 1.82) is 0 Å². The summed E-state index contributed by atoms with van der Waals surface area (Å²) in [4.78, 5) is 16.2. The maximum atomic E-state index is 5.70. The maximum Gasteiger partial charge on any atom is 0.258 e. The van der Waals surface area contributed by atoms with Crippen LogP contribution in [0.5, 0.6) is 0 Å². The van der Waals surface area contributed by atoms with Gasteiger partial charge in [-0.2, -0.15) is 4.98 Å². The van der Waals surface area contributed by atoms with Crippen LogP contribution in [0, 0.1) is 0 Å². The van der Waals surface area contributed by atoms with Crippen LogP contribution in [0.1, 0.15) is 0 Å². The SMILES string of the molecule is Cl.Cl.Nc1nc2ccc(-c3nc(-c4ccc(Br)c5cccnc45)no3)cc2[nH]1. The smallest absolute Gasteiger partial charge is 0.258 e. The number of rotatable bonds is 2. The summed E-state index contributed by atoms with van der Waals surface area (Å²) in [6, 6.07) is 13.4. The van der Waals surface area contributed by atoms with E-state index >= 15 is 0 Å². The van der Waals surface area contributed by atoms with Crippen LogP contribution < -0.4 is 5.73 Å². The van der Waals surface area contributed by atoms with E-state index in [1.807, 2.05) is 42.5 Å². The zero-order valence-corrected chi connectivity index (χ0v) is 17.3. The van der Waals surface area contributed by atoms with E-state index in [2.05, 4.69) is 41.0 Å². The lowest BCUT2D eigenvalue weighted by Gasteiger charge is -2.03. The number of pyridine rings is 1. The largest absolute Gasteiger partial charge is 0.369 e. The molecule has 3 heterocycles. The molecule has 0 unspecified atom stereocenters. The highest BCUT2D eigenvalue weighted by atomic mass is 79.9. The van der Waals surface area contributed by atoms with E-state index in [1.54, 1.807) is 6.20 Å². The summed E-state index contributed by atoms with van der Waals surface area (Å²) in [5, 5.41) is 5.13. The second-order valence-electron chi connectivity index (χ2n) is 5.77. The molecule has 10 heteroatoms. The van der Waals surface area contributed by atoms with Crippen molar-refractivity contribution in [3.63, 3.8) is 0 Å². The predicted octanol–water partition coefficient (Wildman–Crippen LogP) is 5.02. The highest BCUT2D eigenvalue weighted by Crippen LogP contribution is 2.32. The van der Waals surface area contributed by atoms with Gasteiger partial charge in [-0.25, -0.2) is 4.98 Å². The molecule has 0 saturated carbocycles. The molecule has 3 N–H and O–H groups in total. The van der Waals surface area contributed by atoms with Gasteiger partial charge in [0.05, 0.1) is 16.6 Å². The molecular formula is C18H13BrCl2N6O. The number of hydrogen-bond donors (Lipinski definition) is 2. The molecule has 3 aromatic heterocycles. The lowest BCUT2D eigenvalue weighted by Crippen LogP contribution is -1.87. The molecule has 28 heavy (non-hydrogen) atoms. The van der Waals surface area contributed by atoms with Crippen molar-refractivity contribution in [2.45, 2.75) is 0 Å². The first-order chi connectivity index (χ1) is 12.7. The molecule has 0 fully saturated rings. The van der Waals surface area contributed by atoms with Crippen molar-refractivity contribution in [3.8, 4) is 22.8 Å². The third-order valence-electron chi connectivity index (χ3n) is 4.13. The minimum atomic E-state index is 0. The normalized spacial score (nSPS) is 10.6. The molecule has 5 rings (SSSR count). The molecule has 0 aliphatic heterocycles.